The van der Waals surface area contributed by atoms with E-state index in [0.717, 1.165) is 12.1 Å². The van der Waals surface area contributed by atoms with E-state index >= 15 is 0 Å². The van der Waals surface area contributed by atoms with E-state index in [1.807, 2.05) is 0 Å². The summed E-state index contributed by atoms with van der Waals surface area (Å²) in [5, 5.41) is 0. The molecule has 0 radical (unpaired) electrons. The molecule has 0 fully saturated rings. The van der Waals surface area contributed by atoms with Gasteiger partial charge in [0.2, 0.25) is 5.91 Å². The molecular formula is C19H14BrF2N3O3. The summed E-state index contributed by atoms with van der Waals surface area (Å²) >= 11 is 3.25. The Balaban J connectivity index is 1.52. The number of nitrogens with zero attached hydrogens (tertiary/aromatic N) is 1. The van der Waals surface area contributed by atoms with Crippen LogP contribution in [0.2, 0.25) is 0 Å². The van der Waals surface area contributed by atoms with Crippen molar-refractivity contribution in [3.8, 4) is 11.3 Å². The van der Waals surface area contributed by atoms with Gasteiger partial charge in [-0.3, -0.25) is 20.4 Å². The predicted molar refractivity (Wildman–Crippen MR) is 99.9 cm³/mol. The van der Waals surface area contributed by atoms with Crippen LogP contribution in [0.15, 0.2) is 57.6 Å². The van der Waals surface area contributed by atoms with Crippen LogP contribution < -0.4 is 10.9 Å². The summed E-state index contributed by atoms with van der Waals surface area (Å²) in [4.78, 5) is 27.9. The van der Waals surface area contributed by atoms with E-state index in [4.69, 9.17) is 4.42 Å². The van der Waals surface area contributed by atoms with Crippen LogP contribution in [0.1, 0.15) is 22.7 Å². The predicted octanol–water partition coefficient (Wildman–Crippen LogP) is 3.78. The number of carbonyl (C=O) groups is 2. The molecule has 6 nitrogen and oxygen atoms in total. The fourth-order valence-electron chi connectivity index (χ4n) is 2.36. The topological polar surface area (TPSA) is 84.2 Å². The number of aryl methyl sites for hydroxylation is 1. The minimum Gasteiger partial charge on any atom is -0.441 e. The third-order valence-corrected chi connectivity index (χ3v) is 4.44. The maximum Gasteiger partial charge on any atom is 0.270 e. The molecule has 1 heterocycles. The fraction of sp³-hybridized carbons (Fsp3) is 0.105. The molecule has 0 spiro atoms. The lowest BCUT2D eigenvalue weighted by atomic mass is 10.2. The van der Waals surface area contributed by atoms with Crippen molar-refractivity contribution in [2.75, 3.05) is 0 Å². The fourth-order valence-corrected chi connectivity index (χ4v) is 2.83. The first-order chi connectivity index (χ1) is 13.4. The maximum absolute atomic E-state index is 13.8. The number of rotatable bonds is 5. The number of carbonyl (C=O) groups excluding carboxylic acids is 2. The van der Waals surface area contributed by atoms with Crippen molar-refractivity contribution in [2.45, 2.75) is 12.8 Å². The highest BCUT2D eigenvalue weighted by Crippen LogP contribution is 2.24. The SMILES string of the molecule is O=C(CCc1ncc(-c2ccc(F)cc2F)o1)NNC(=O)c1ccccc1Br. The molecule has 9 heteroatoms. The Morgan fingerprint density at radius 3 is 2.64 bits per heavy atom. The first-order valence-corrected chi connectivity index (χ1v) is 8.97. The van der Waals surface area contributed by atoms with E-state index in [1.165, 1.54) is 12.3 Å². The summed E-state index contributed by atoms with van der Waals surface area (Å²) in [7, 11) is 0. The Bertz CT molecular complexity index is 1020. The van der Waals surface area contributed by atoms with Crippen molar-refractivity contribution in [3.63, 3.8) is 0 Å². The van der Waals surface area contributed by atoms with Gasteiger partial charge in [0.15, 0.2) is 11.7 Å². The van der Waals surface area contributed by atoms with Crippen molar-refractivity contribution < 1.29 is 22.8 Å². The van der Waals surface area contributed by atoms with Gasteiger partial charge in [-0.25, -0.2) is 13.8 Å². The zero-order valence-corrected chi connectivity index (χ0v) is 15.9. The summed E-state index contributed by atoms with van der Waals surface area (Å²) in [5.41, 5.74) is 5.07. The number of amides is 2. The molecule has 0 saturated heterocycles. The Hall–Kier alpha value is -3.07. The minimum absolute atomic E-state index is 0.0118. The lowest BCUT2D eigenvalue weighted by molar-refractivity contribution is -0.121. The Labute approximate surface area is 167 Å². The number of oxazole rings is 1. The average Bonchev–Trinajstić information content (AvgIpc) is 3.13. The minimum atomic E-state index is -0.768. The standard InChI is InChI=1S/C19H14BrF2N3O3/c20-14-4-2-1-3-12(14)19(27)25-24-17(26)7-8-18-23-10-16(28-18)13-6-5-11(21)9-15(13)22/h1-6,9-10H,7-8H2,(H,24,26)(H,25,27). The molecule has 28 heavy (non-hydrogen) atoms. The molecule has 0 bridgehead atoms. The van der Waals surface area contributed by atoms with Crippen LogP contribution in [0, 0.1) is 11.6 Å². The van der Waals surface area contributed by atoms with Gasteiger partial charge in [0.25, 0.3) is 5.91 Å². The second-order valence-corrected chi connectivity index (χ2v) is 6.58. The number of aromatic nitrogens is 1. The third kappa shape index (κ3) is 4.80. The second kappa shape index (κ2) is 8.75. The zero-order chi connectivity index (χ0) is 20.1. The molecule has 2 aromatic carbocycles. The van der Waals surface area contributed by atoms with E-state index in [9.17, 15) is 18.4 Å². The van der Waals surface area contributed by atoms with Crippen molar-refractivity contribution >= 4 is 27.7 Å². The molecule has 2 N–H and O–H groups in total. The van der Waals surface area contributed by atoms with E-state index in [1.54, 1.807) is 24.3 Å². The van der Waals surface area contributed by atoms with Crippen LogP contribution >= 0.6 is 15.9 Å². The van der Waals surface area contributed by atoms with Crippen molar-refractivity contribution in [2.24, 2.45) is 0 Å². The number of hydrogen-bond acceptors (Lipinski definition) is 4. The number of hydrogen-bond donors (Lipinski definition) is 2. The lowest BCUT2D eigenvalue weighted by Gasteiger charge is -2.08. The van der Waals surface area contributed by atoms with Crippen molar-refractivity contribution in [3.05, 3.63) is 76.2 Å². The van der Waals surface area contributed by atoms with Crippen LogP contribution in [0.25, 0.3) is 11.3 Å². The molecule has 1 aromatic heterocycles. The van der Waals surface area contributed by atoms with Gasteiger partial charge < -0.3 is 4.42 Å². The molecule has 3 aromatic rings. The van der Waals surface area contributed by atoms with E-state index in [-0.39, 0.29) is 30.1 Å². The van der Waals surface area contributed by atoms with Gasteiger partial charge in [-0.05, 0) is 40.2 Å². The molecule has 0 aliphatic carbocycles. The summed E-state index contributed by atoms with van der Waals surface area (Å²) in [6.07, 6.45) is 1.43. The number of nitrogens with one attached hydrogen (secondary N) is 2. The molecule has 0 atom stereocenters. The van der Waals surface area contributed by atoms with Crippen LogP contribution in [0.4, 0.5) is 8.78 Å². The highest BCUT2D eigenvalue weighted by atomic mass is 79.9. The van der Waals surface area contributed by atoms with E-state index in [0.29, 0.717) is 10.0 Å². The Morgan fingerprint density at radius 2 is 1.89 bits per heavy atom. The largest absolute Gasteiger partial charge is 0.441 e. The van der Waals surface area contributed by atoms with Crippen LogP contribution in [-0.2, 0) is 11.2 Å². The molecule has 0 aliphatic heterocycles. The van der Waals surface area contributed by atoms with Gasteiger partial charge in [-0.1, -0.05) is 12.1 Å². The zero-order valence-electron chi connectivity index (χ0n) is 14.3. The smallest absolute Gasteiger partial charge is 0.270 e. The van der Waals surface area contributed by atoms with Gasteiger partial charge >= 0.3 is 0 Å². The summed E-state index contributed by atoms with van der Waals surface area (Å²) in [5.74, 6) is -2.03. The molecule has 0 unspecified atom stereocenters. The van der Waals surface area contributed by atoms with E-state index < -0.39 is 23.4 Å². The van der Waals surface area contributed by atoms with Gasteiger partial charge in [-0.2, -0.15) is 0 Å². The first-order valence-electron chi connectivity index (χ1n) is 8.18. The van der Waals surface area contributed by atoms with Crippen molar-refractivity contribution in [1.29, 1.82) is 0 Å². The van der Waals surface area contributed by atoms with Gasteiger partial charge in [0.05, 0.1) is 17.3 Å². The highest BCUT2D eigenvalue weighted by Gasteiger charge is 2.14. The van der Waals surface area contributed by atoms with Crippen LogP contribution in [0.3, 0.4) is 0 Å². The normalized spacial score (nSPS) is 10.5. The van der Waals surface area contributed by atoms with Gasteiger partial charge in [-0.15, -0.1) is 0 Å². The number of halogens is 3. The Kier molecular flexibility index (Phi) is 6.15. The third-order valence-electron chi connectivity index (χ3n) is 3.75. The Morgan fingerprint density at radius 1 is 1.11 bits per heavy atom. The van der Waals surface area contributed by atoms with Crippen molar-refractivity contribution in [1.82, 2.24) is 15.8 Å². The molecule has 0 aliphatic rings. The van der Waals surface area contributed by atoms with Crippen LogP contribution in [-0.4, -0.2) is 16.8 Å². The van der Waals surface area contributed by atoms with Crippen LogP contribution in [0.5, 0.6) is 0 Å². The first kappa shape index (κ1) is 19.7. The molecule has 144 valence electrons. The monoisotopic (exact) mass is 449 g/mol. The molecule has 0 saturated carbocycles. The molecule has 2 amide bonds. The van der Waals surface area contributed by atoms with E-state index in [2.05, 4.69) is 31.8 Å². The summed E-state index contributed by atoms with van der Waals surface area (Å²) < 4.78 is 32.7. The second-order valence-electron chi connectivity index (χ2n) is 5.72. The van der Waals surface area contributed by atoms with Gasteiger partial charge in [0, 0.05) is 23.4 Å². The maximum atomic E-state index is 13.8. The highest BCUT2D eigenvalue weighted by molar-refractivity contribution is 9.10. The number of hydrazine groups is 1. The summed E-state index contributed by atoms with van der Waals surface area (Å²) in [6.45, 7) is 0. The average molecular weight is 450 g/mol. The summed E-state index contributed by atoms with van der Waals surface area (Å²) in [6, 6.07) is 9.89. The van der Waals surface area contributed by atoms with Gasteiger partial charge in [0.1, 0.15) is 11.6 Å². The number of benzene rings is 2. The molecule has 3 rings (SSSR count). The quantitative estimate of drug-likeness (QED) is 0.580. The molecular weight excluding hydrogens is 436 g/mol. The lowest BCUT2D eigenvalue weighted by Crippen LogP contribution is -2.41.